The van der Waals surface area contributed by atoms with Gasteiger partial charge in [-0.3, -0.25) is 15.4 Å². The predicted octanol–water partition coefficient (Wildman–Crippen LogP) is 1.72. The van der Waals surface area contributed by atoms with Gasteiger partial charge in [0.05, 0.1) is 11.6 Å². The van der Waals surface area contributed by atoms with Gasteiger partial charge in [0.25, 0.3) is 5.69 Å². The van der Waals surface area contributed by atoms with Crippen LogP contribution in [0.1, 0.15) is 5.56 Å². The van der Waals surface area contributed by atoms with Crippen molar-refractivity contribution in [3.63, 3.8) is 0 Å². The molecule has 0 unspecified atom stereocenters. The first-order chi connectivity index (χ1) is 6.68. The van der Waals surface area contributed by atoms with E-state index >= 15 is 0 Å². The maximum absolute atomic E-state index is 10.6. The smallest absolute Gasteiger partial charge is 0.288 e. The molecule has 0 spiro atoms. The normalized spacial score (nSPS) is 14.4. The lowest BCUT2D eigenvalue weighted by Crippen LogP contribution is -2.27. The molecule has 1 aromatic rings. The minimum atomic E-state index is -0.475. The van der Waals surface area contributed by atoms with Crippen LogP contribution in [0.2, 0.25) is 5.02 Å². The van der Waals surface area contributed by atoms with Crippen molar-refractivity contribution in [1.82, 2.24) is 5.32 Å². The lowest BCUT2D eigenvalue weighted by Gasteiger charge is -2.18. The van der Waals surface area contributed by atoms with Crippen molar-refractivity contribution in [2.24, 2.45) is 0 Å². The molecule has 2 rings (SSSR count). The summed E-state index contributed by atoms with van der Waals surface area (Å²) in [7, 11) is 0. The Hall–Kier alpha value is -1.33. The predicted molar refractivity (Wildman–Crippen MR) is 53.4 cm³/mol. The molecule has 1 heterocycles. The molecule has 0 radical (unpaired) electrons. The van der Waals surface area contributed by atoms with Gasteiger partial charge < -0.3 is 5.32 Å². The summed E-state index contributed by atoms with van der Waals surface area (Å²) in [5, 5.41) is 16.9. The van der Waals surface area contributed by atoms with Crippen LogP contribution >= 0.6 is 11.6 Å². The summed E-state index contributed by atoms with van der Waals surface area (Å²) in [6.45, 7) is 1.28. The number of nitro groups is 1. The van der Waals surface area contributed by atoms with Crippen molar-refractivity contribution in [3.05, 3.63) is 32.8 Å². The molecule has 0 atom stereocenters. The molecule has 6 heteroatoms. The van der Waals surface area contributed by atoms with E-state index in [1.54, 1.807) is 6.07 Å². The average Bonchev–Trinajstić information content (AvgIpc) is 2.16. The maximum atomic E-state index is 10.6. The Morgan fingerprint density at radius 1 is 1.50 bits per heavy atom. The second-order valence-electron chi connectivity index (χ2n) is 3.00. The molecule has 1 aromatic carbocycles. The molecule has 0 aliphatic carbocycles. The molecule has 1 aliphatic heterocycles. The van der Waals surface area contributed by atoms with Crippen LogP contribution in [0, 0.1) is 10.1 Å². The Bertz CT molecular complexity index is 394. The zero-order valence-corrected chi connectivity index (χ0v) is 7.97. The Morgan fingerprint density at radius 3 is 3.00 bits per heavy atom. The fraction of sp³-hybridized carbons (Fsp3) is 0.250. The van der Waals surface area contributed by atoms with Crippen LogP contribution in [0.4, 0.5) is 11.4 Å². The zero-order chi connectivity index (χ0) is 10.1. The van der Waals surface area contributed by atoms with Crippen molar-refractivity contribution in [2.45, 2.75) is 6.54 Å². The molecule has 0 amide bonds. The topological polar surface area (TPSA) is 67.2 Å². The van der Waals surface area contributed by atoms with Crippen LogP contribution < -0.4 is 10.6 Å². The van der Waals surface area contributed by atoms with Crippen molar-refractivity contribution in [2.75, 3.05) is 12.0 Å². The average molecular weight is 214 g/mol. The van der Waals surface area contributed by atoms with Gasteiger partial charge in [0.15, 0.2) is 0 Å². The number of hydrogen-bond acceptors (Lipinski definition) is 4. The van der Waals surface area contributed by atoms with E-state index in [4.69, 9.17) is 11.6 Å². The first-order valence-electron chi connectivity index (χ1n) is 4.10. The molecule has 1 aliphatic rings. The van der Waals surface area contributed by atoms with E-state index in [-0.39, 0.29) is 10.7 Å². The summed E-state index contributed by atoms with van der Waals surface area (Å²) in [5.41, 5.74) is 1.68. The van der Waals surface area contributed by atoms with E-state index in [0.717, 1.165) is 11.3 Å². The summed E-state index contributed by atoms with van der Waals surface area (Å²) in [5.74, 6) is 0. The quantitative estimate of drug-likeness (QED) is 0.551. The number of benzene rings is 1. The molecule has 74 valence electrons. The van der Waals surface area contributed by atoms with Crippen molar-refractivity contribution in [3.8, 4) is 0 Å². The highest BCUT2D eigenvalue weighted by Gasteiger charge is 2.18. The van der Waals surface area contributed by atoms with Crippen molar-refractivity contribution < 1.29 is 4.92 Å². The summed E-state index contributed by atoms with van der Waals surface area (Å²) >= 11 is 5.75. The van der Waals surface area contributed by atoms with Gasteiger partial charge in [-0.1, -0.05) is 11.6 Å². The molecule has 14 heavy (non-hydrogen) atoms. The molecule has 0 fully saturated rings. The molecule has 5 nitrogen and oxygen atoms in total. The van der Waals surface area contributed by atoms with Crippen LogP contribution in [-0.2, 0) is 6.54 Å². The highest BCUT2D eigenvalue weighted by Crippen LogP contribution is 2.31. The summed E-state index contributed by atoms with van der Waals surface area (Å²) < 4.78 is 0. The first kappa shape index (κ1) is 9.23. The SMILES string of the molecule is O=[N+]([O-])c1cc2c(cc1Cl)NCNC2. The fourth-order valence-electron chi connectivity index (χ4n) is 1.41. The number of fused-ring (bicyclic) bond motifs is 1. The fourth-order valence-corrected chi connectivity index (χ4v) is 1.64. The number of nitrogens with one attached hydrogen (secondary N) is 2. The zero-order valence-electron chi connectivity index (χ0n) is 7.21. The van der Waals surface area contributed by atoms with Gasteiger partial charge in [-0.25, -0.2) is 0 Å². The lowest BCUT2D eigenvalue weighted by molar-refractivity contribution is -0.384. The van der Waals surface area contributed by atoms with Gasteiger partial charge in [-0.15, -0.1) is 0 Å². The minimum absolute atomic E-state index is 0.0454. The van der Waals surface area contributed by atoms with Crippen LogP contribution in [0.5, 0.6) is 0 Å². The van der Waals surface area contributed by atoms with Crippen LogP contribution in [0.25, 0.3) is 0 Å². The molecule has 0 aromatic heterocycles. The largest absolute Gasteiger partial charge is 0.372 e. The van der Waals surface area contributed by atoms with E-state index < -0.39 is 4.92 Å². The van der Waals surface area contributed by atoms with E-state index in [0.29, 0.717) is 13.2 Å². The van der Waals surface area contributed by atoms with Gasteiger partial charge >= 0.3 is 0 Å². The first-order valence-corrected chi connectivity index (χ1v) is 4.47. The van der Waals surface area contributed by atoms with Crippen molar-refractivity contribution in [1.29, 1.82) is 0 Å². The maximum Gasteiger partial charge on any atom is 0.288 e. The Balaban J connectivity index is 2.50. The molecule has 0 bridgehead atoms. The Kier molecular flexibility index (Phi) is 2.26. The highest BCUT2D eigenvalue weighted by molar-refractivity contribution is 6.33. The van der Waals surface area contributed by atoms with Gasteiger partial charge in [0.1, 0.15) is 5.02 Å². The second kappa shape index (κ2) is 3.43. The van der Waals surface area contributed by atoms with Crippen molar-refractivity contribution >= 4 is 23.0 Å². The van der Waals surface area contributed by atoms with Crippen LogP contribution in [0.3, 0.4) is 0 Å². The summed E-state index contributed by atoms with van der Waals surface area (Å²) in [6.07, 6.45) is 0. The highest BCUT2D eigenvalue weighted by atomic mass is 35.5. The number of halogens is 1. The van der Waals surface area contributed by atoms with Crippen LogP contribution in [-0.4, -0.2) is 11.6 Å². The summed E-state index contributed by atoms with van der Waals surface area (Å²) in [6, 6.07) is 3.09. The number of hydrogen-bond donors (Lipinski definition) is 2. The Morgan fingerprint density at radius 2 is 2.29 bits per heavy atom. The van der Waals surface area contributed by atoms with Crippen LogP contribution in [0.15, 0.2) is 12.1 Å². The summed E-state index contributed by atoms with van der Waals surface area (Å²) in [4.78, 5) is 10.1. The number of nitrogens with zero attached hydrogens (tertiary/aromatic N) is 1. The molecule has 0 saturated carbocycles. The van der Waals surface area contributed by atoms with E-state index in [2.05, 4.69) is 10.6 Å². The Labute approximate surface area is 85.2 Å². The molecular formula is C8H8ClN3O2. The lowest BCUT2D eigenvalue weighted by atomic mass is 10.1. The second-order valence-corrected chi connectivity index (χ2v) is 3.41. The van der Waals surface area contributed by atoms with E-state index in [1.165, 1.54) is 6.07 Å². The number of anilines is 1. The third kappa shape index (κ3) is 1.51. The van der Waals surface area contributed by atoms with Gasteiger partial charge in [-0.2, -0.15) is 0 Å². The minimum Gasteiger partial charge on any atom is -0.372 e. The molecular weight excluding hydrogens is 206 g/mol. The number of rotatable bonds is 1. The third-order valence-corrected chi connectivity index (χ3v) is 2.39. The third-order valence-electron chi connectivity index (χ3n) is 2.09. The van der Waals surface area contributed by atoms with Gasteiger partial charge in [0, 0.05) is 18.3 Å². The monoisotopic (exact) mass is 213 g/mol. The molecule has 2 N–H and O–H groups in total. The number of nitro benzene ring substituents is 1. The van der Waals surface area contributed by atoms with E-state index in [1.807, 2.05) is 0 Å². The van der Waals surface area contributed by atoms with Gasteiger partial charge in [-0.05, 0) is 11.6 Å². The molecule has 0 saturated heterocycles. The van der Waals surface area contributed by atoms with Gasteiger partial charge in [0.2, 0.25) is 0 Å². The standard InChI is InChI=1S/C8H8ClN3O2/c9-6-2-7-5(3-10-4-11-7)1-8(6)12(13)14/h1-2,10-11H,3-4H2. The van der Waals surface area contributed by atoms with E-state index in [9.17, 15) is 10.1 Å².